The average molecular weight is 191 g/mol. The lowest BCUT2D eigenvalue weighted by atomic mass is 10.2. The average Bonchev–Trinajstić information content (AvgIpc) is 2.05. The van der Waals surface area contributed by atoms with Gasteiger partial charge in [0.1, 0.15) is 6.04 Å². The molecule has 0 aromatic carbocycles. The van der Waals surface area contributed by atoms with Gasteiger partial charge in [-0.05, 0) is 24.9 Å². The SMILES string of the molecule is CCOC(=O)[C@@H](N)CCSCC. The molecule has 0 radical (unpaired) electrons. The largest absolute Gasteiger partial charge is 0.465 e. The van der Waals surface area contributed by atoms with Crippen LogP contribution >= 0.6 is 11.8 Å². The van der Waals surface area contributed by atoms with Crippen LogP contribution in [0.25, 0.3) is 0 Å². The summed E-state index contributed by atoms with van der Waals surface area (Å²) in [6, 6.07) is -0.441. The lowest BCUT2D eigenvalue weighted by Crippen LogP contribution is -2.32. The maximum Gasteiger partial charge on any atom is 0.322 e. The molecule has 0 saturated carbocycles. The van der Waals surface area contributed by atoms with Crippen LogP contribution in [0.5, 0.6) is 0 Å². The lowest BCUT2D eigenvalue weighted by Gasteiger charge is -2.09. The molecule has 0 aliphatic carbocycles. The molecule has 0 aromatic heterocycles. The van der Waals surface area contributed by atoms with Crippen molar-refractivity contribution in [1.29, 1.82) is 0 Å². The minimum Gasteiger partial charge on any atom is -0.465 e. The number of carbonyl (C=O) groups excluding carboxylic acids is 1. The number of nitrogens with two attached hydrogens (primary N) is 1. The lowest BCUT2D eigenvalue weighted by molar-refractivity contribution is -0.144. The van der Waals surface area contributed by atoms with Gasteiger partial charge in [0.15, 0.2) is 0 Å². The summed E-state index contributed by atoms with van der Waals surface area (Å²) in [6.45, 7) is 4.28. The van der Waals surface area contributed by atoms with Crippen LogP contribution in [0.1, 0.15) is 20.3 Å². The Bertz CT molecular complexity index is 130. The number of ether oxygens (including phenoxy) is 1. The molecule has 0 amide bonds. The number of hydrogen-bond acceptors (Lipinski definition) is 4. The van der Waals surface area contributed by atoms with E-state index in [0.717, 1.165) is 11.5 Å². The van der Waals surface area contributed by atoms with Gasteiger partial charge in [-0.25, -0.2) is 0 Å². The highest BCUT2D eigenvalue weighted by molar-refractivity contribution is 7.99. The molecule has 0 fully saturated rings. The first-order valence-electron chi connectivity index (χ1n) is 4.22. The van der Waals surface area contributed by atoms with Crippen LogP contribution in [0.2, 0.25) is 0 Å². The van der Waals surface area contributed by atoms with Crippen LogP contribution in [0.4, 0.5) is 0 Å². The van der Waals surface area contributed by atoms with Crippen LogP contribution in [0, 0.1) is 0 Å². The maximum absolute atomic E-state index is 11.0. The van der Waals surface area contributed by atoms with Gasteiger partial charge in [0.2, 0.25) is 0 Å². The van der Waals surface area contributed by atoms with Gasteiger partial charge in [0.05, 0.1) is 6.61 Å². The predicted octanol–water partition coefficient (Wildman–Crippen LogP) is 1.02. The van der Waals surface area contributed by atoms with Gasteiger partial charge < -0.3 is 10.5 Å². The molecule has 4 heteroatoms. The van der Waals surface area contributed by atoms with Crippen molar-refractivity contribution in [1.82, 2.24) is 0 Å². The van der Waals surface area contributed by atoms with Gasteiger partial charge in [0, 0.05) is 0 Å². The Morgan fingerprint density at radius 3 is 2.75 bits per heavy atom. The number of carbonyl (C=O) groups is 1. The normalized spacial score (nSPS) is 12.6. The van der Waals surface area contributed by atoms with Crippen molar-refractivity contribution < 1.29 is 9.53 Å². The van der Waals surface area contributed by atoms with E-state index in [1.54, 1.807) is 18.7 Å². The summed E-state index contributed by atoms with van der Waals surface area (Å²) >= 11 is 1.78. The van der Waals surface area contributed by atoms with E-state index in [-0.39, 0.29) is 5.97 Å². The van der Waals surface area contributed by atoms with Crippen LogP contribution in [0.15, 0.2) is 0 Å². The van der Waals surface area contributed by atoms with E-state index >= 15 is 0 Å². The highest BCUT2D eigenvalue weighted by atomic mass is 32.2. The first-order chi connectivity index (χ1) is 5.72. The minimum absolute atomic E-state index is 0.283. The van der Waals surface area contributed by atoms with E-state index in [1.165, 1.54) is 0 Å². The Hall–Kier alpha value is -0.220. The van der Waals surface area contributed by atoms with Crippen LogP contribution < -0.4 is 5.73 Å². The van der Waals surface area contributed by atoms with Crippen molar-refractivity contribution in [2.24, 2.45) is 5.73 Å². The standard InChI is InChI=1S/C8H17NO2S/c1-3-11-8(10)7(9)5-6-12-4-2/h7H,3-6,9H2,1-2H3/t7-/m0/s1. The van der Waals surface area contributed by atoms with Crippen molar-refractivity contribution in [3.8, 4) is 0 Å². The molecule has 0 saturated heterocycles. The van der Waals surface area contributed by atoms with Gasteiger partial charge >= 0.3 is 5.97 Å². The fraction of sp³-hybridized carbons (Fsp3) is 0.875. The molecule has 0 aliphatic heterocycles. The van der Waals surface area contributed by atoms with Crippen LogP contribution in [0.3, 0.4) is 0 Å². The Balaban J connectivity index is 3.42. The molecular weight excluding hydrogens is 174 g/mol. The van der Waals surface area contributed by atoms with Gasteiger partial charge in [-0.15, -0.1) is 0 Å². The first-order valence-corrected chi connectivity index (χ1v) is 5.37. The zero-order valence-electron chi connectivity index (χ0n) is 7.71. The number of hydrogen-bond donors (Lipinski definition) is 1. The van der Waals surface area contributed by atoms with E-state index in [1.807, 2.05) is 0 Å². The minimum atomic E-state index is -0.441. The van der Waals surface area contributed by atoms with E-state index in [2.05, 4.69) is 6.92 Å². The van der Waals surface area contributed by atoms with Crippen molar-refractivity contribution in [2.75, 3.05) is 18.1 Å². The van der Waals surface area contributed by atoms with E-state index < -0.39 is 6.04 Å². The van der Waals surface area contributed by atoms with Gasteiger partial charge in [-0.1, -0.05) is 6.92 Å². The summed E-state index contributed by atoms with van der Waals surface area (Å²) in [5, 5.41) is 0. The third-order valence-electron chi connectivity index (χ3n) is 1.37. The topological polar surface area (TPSA) is 52.3 Å². The molecule has 0 aliphatic rings. The highest BCUT2D eigenvalue weighted by Gasteiger charge is 2.13. The molecule has 72 valence electrons. The number of rotatable bonds is 6. The van der Waals surface area contributed by atoms with Crippen molar-refractivity contribution in [2.45, 2.75) is 26.3 Å². The molecule has 0 rings (SSSR count). The van der Waals surface area contributed by atoms with E-state index in [0.29, 0.717) is 13.0 Å². The summed E-state index contributed by atoms with van der Waals surface area (Å²) in [7, 11) is 0. The second-order valence-electron chi connectivity index (χ2n) is 2.34. The van der Waals surface area contributed by atoms with Crippen LogP contribution in [-0.4, -0.2) is 30.1 Å². The fourth-order valence-corrected chi connectivity index (χ4v) is 1.43. The molecule has 0 heterocycles. The van der Waals surface area contributed by atoms with E-state index in [4.69, 9.17) is 10.5 Å². The third-order valence-corrected chi connectivity index (χ3v) is 2.30. The Morgan fingerprint density at radius 1 is 1.58 bits per heavy atom. The first kappa shape index (κ1) is 11.8. The highest BCUT2D eigenvalue weighted by Crippen LogP contribution is 2.03. The van der Waals surface area contributed by atoms with Gasteiger partial charge in [-0.2, -0.15) is 11.8 Å². The molecular formula is C8H17NO2S. The quantitative estimate of drug-likeness (QED) is 0.503. The van der Waals surface area contributed by atoms with Crippen molar-refractivity contribution in [3.63, 3.8) is 0 Å². The molecule has 0 bridgehead atoms. The smallest absolute Gasteiger partial charge is 0.322 e. The predicted molar refractivity (Wildman–Crippen MR) is 52.2 cm³/mol. The van der Waals surface area contributed by atoms with Gasteiger partial charge in [0.25, 0.3) is 0 Å². The van der Waals surface area contributed by atoms with E-state index in [9.17, 15) is 4.79 Å². The molecule has 1 atom stereocenters. The number of esters is 1. The molecule has 2 N–H and O–H groups in total. The summed E-state index contributed by atoms with van der Waals surface area (Å²) in [5.41, 5.74) is 5.56. The maximum atomic E-state index is 11.0. The molecule has 12 heavy (non-hydrogen) atoms. The number of thioether (sulfide) groups is 1. The third kappa shape index (κ3) is 5.43. The summed E-state index contributed by atoms with van der Waals surface area (Å²) in [5.74, 6) is 1.71. The Labute approximate surface area is 78.0 Å². The zero-order valence-corrected chi connectivity index (χ0v) is 8.52. The van der Waals surface area contributed by atoms with Gasteiger partial charge in [-0.3, -0.25) is 4.79 Å². The fourth-order valence-electron chi connectivity index (χ4n) is 0.722. The zero-order chi connectivity index (χ0) is 9.40. The van der Waals surface area contributed by atoms with Crippen molar-refractivity contribution >= 4 is 17.7 Å². The summed E-state index contributed by atoms with van der Waals surface area (Å²) in [6.07, 6.45) is 0.706. The van der Waals surface area contributed by atoms with Crippen LogP contribution in [-0.2, 0) is 9.53 Å². The Kier molecular flexibility index (Phi) is 7.29. The Morgan fingerprint density at radius 2 is 2.25 bits per heavy atom. The summed E-state index contributed by atoms with van der Waals surface area (Å²) < 4.78 is 4.76. The molecule has 0 aromatic rings. The second-order valence-corrected chi connectivity index (χ2v) is 3.74. The molecule has 0 spiro atoms. The van der Waals surface area contributed by atoms with Crippen molar-refractivity contribution in [3.05, 3.63) is 0 Å². The monoisotopic (exact) mass is 191 g/mol. The molecule has 3 nitrogen and oxygen atoms in total. The summed E-state index contributed by atoms with van der Waals surface area (Å²) in [4.78, 5) is 11.0. The second kappa shape index (κ2) is 7.43. The molecule has 0 unspecified atom stereocenters.